The van der Waals surface area contributed by atoms with Gasteiger partial charge in [0.2, 0.25) is 0 Å². The van der Waals surface area contributed by atoms with Gasteiger partial charge in [-0.15, -0.1) is 28.1 Å². The number of carbonyl (C=O) groups excluding carboxylic acids is 2. The number of nitrogens with zero attached hydrogens (tertiary/aromatic N) is 3. The SMILES string of the molecule is C=CCNC(=O)C(C)OC(=O)CSc1nnc(-c2cccs2)n1CC. The summed E-state index contributed by atoms with van der Waals surface area (Å²) in [6.07, 6.45) is 0.712. The quantitative estimate of drug-likeness (QED) is 0.408. The minimum atomic E-state index is -0.848. The maximum Gasteiger partial charge on any atom is 0.317 e. The summed E-state index contributed by atoms with van der Waals surface area (Å²) in [6.45, 7) is 8.07. The summed E-state index contributed by atoms with van der Waals surface area (Å²) in [5.41, 5.74) is 0. The van der Waals surface area contributed by atoms with Gasteiger partial charge >= 0.3 is 5.97 Å². The zero-order chi connectivity index (χ0) is 18.2. The fourth-order valence-corrected chi connectivity index (χ4v) is 3.50. The molecule has 2 aromatic rings. The van der Waals surface area contributed by atoms with E-state index in [4.69, 9.17) is 4.74 Å². The maximum absolute atomic E-state index is 11.9. The summed E-state index contributed by atoms with van der Waals surface area (Å²) in [6, 6.07) is 3.94. The van der Waals surface area contributed by atoms with E-state index >= 15 is 0 Å². The Balaban J connectivity index is 1.92. The third kappa shape index (κ3) is 5.17. The molecule has 9 heteroatoms. The first kappa shape index (κ1) is 19.2. The molecule has 134 valence electrons. The normalized spacial score (nSPS) is 11.8. The van der Waals surface area contributed by atoms with Crippen molar-refractivity contribution in [2.75, 3.05) is 12.3 Å². The molecule has 0 saturated carbocycles. The van der Waals surface area contributed by atoms with Gasteiger partial charge in [-0.25, -0.2) is 0 Å². The van der Waals surface area contributed by atoms with E-state index in [2.05, 4.69) is 22.1 Å². The van der Waals surface area contributed by atoms with Gasteiger partial charge < -0.3 is 14.6 Å². The molecule has 1 unspecified atom stereocenters. The van der Waals surface area contributed by atoms with E-state index in [0.717, 1.165) is 10.7 Å². The molecular formula is C16H20N4O3S2. The molecule has 0 aliphatic heterocycles. The zero-order valence-corrected chi connectivity index (χ0v) is 15.7. The van der Waals surface area contributed by atoms with Gasteiger partial charge in [0.25, 0.3) is 5.91 Å². The van der Waals surface area contributed by atoms with Gasteiger partial charge in [-0.2, -0.15) is 0 Å². The van der Waals surface area contributed by atoms with Crippen LogP contribution < -0.4 is 5.32 Å². The van der Waals surface area contributed by atoms with Crippen molar-refractivity contribution < 1.29 is 14.3 Å². The number of rotatable bonds is 9. The number of carbonyl (C=O) groups is 2. The molecule has 1 amide bonds. The lowest BCUT2D eigenvalue weighted by Gasteiger charge is -2.12. The first-order chi connectivity index (χ1) is 12.1. The van der Waals surface area contributed by atoms with Crippen molar-refractivity contribution in [3.63, 3.8) is 0 Å². The van der Waals surface area contributed by atoms with Crippen molar-refractivity contribution in [3.8, 4) is 10.7 Å². The van der Waals surface area contributed by atoms with Crippen molar-refractivity contribution in [1.29, 1.82) is 0 Å². The van der Waals surface area contributed by atoms with E-state index in [0.29, 0.717) is 18.2 Å². The molecule has 2 aromatic heterocycles. The van der Waals surface area contributed by atoms with Crippen LogP contribution in [0.1, 0.15) is 13.8 Å². The van der Waals surface area contributed by atoms with Gasteiger partial charge in [0.1, 0.15) is 0 Å². The molecule has 2 rings (SSSR count). The van der Waals surface area contributed by atoms with Crippen LogP contribution in [0.25, 0.3) is 10.7 Å². The lowest BCUT2D eigenvalue weighted by Crippen LogP contribution is -2.36. The fraction of sp³-hybridized carbons (Fsp3) is 0.375. The molecular weight excluding hydrogens is 360 g/mol. The highest BCUT2D eigenvalue weighted by atomic mass is 32.2. The van der Waals surface area contributed by atoms with Crippen LogP contribution in [0.2, 0.25) is 0 Å². The van der Waals surface area contributed by atoms with Crippen molar-refractivity contribution >= 4 is 35.0 Å². The average Bonchev–Trinajstić information content (AvgIpc) is 3.26. The smallest absolute Gasteiger partial charge is 0.317 e. The summed E-state index contributed by atoms with van der Waals surface area (Å²) in [5.74, 6) is 0.0110. The summed E-state index contributed by atoms with van der Waals surface area (Å²) in [7, 11) is 0. The topological polar surface area (TPSA) is 86.1 Å². The second-order valence-corrected chi connectivity index (χ2v) is 6.87. The molecule has 1 N–H and O–H groups in total. The molecule has 0 aromatic carbocycles. The van der Waals surface area contributed by atoms with E-state index in [-0.39, 0.29) is 11.7 Å². The molecule has 0 aliphatic rings. The van der Waals surface area contributed by atoms with Gasteiger partial charge in [-0.1, -0.05) is 23.9 Å². The number of nitrogens with one attached hydrogen (secondary N) is 1. The minimum Gasteiger partial charge on any atom is -0.452 e. The third-order valence-electron chi connectivity index (χ3n) is 3.19. The summed E-state index contributed by atoms with van der Waals surface area (Å²) in [5, 5.41) is 13.6. The highest BCUT2D eigenvalue weighted by Gasteiger charge is 2.19. The fourth-order valence-electron chi connectivity index (χ4n) is 1.99. The van der Waals surface area contributed by atoms with Crippen LogP contribution in [-0.2, 0) is 20.9 Å². The zero-order valence-electron chi connectivity index (χ0n) is 14.1. The Bertz CT molecular complexity index is 728. The maximum atomic E-state index is 11.9. The average molecular weight is 380 g/mol. The number of hydrogen-bond acceptors (Lipinski definition) is 7. The molecule has 0 radical (unpaired) electrons. The Morgan fingerprint density at radius 1 is 1.52 bits per heavy atom. The number of ether oxygens (including phenoxy) is 1. The number of thiophene rings is 1. The van der Waals surface area contributed by atoms with E-state index < -0.39 is 12.1 Å². The van der Waals surface area contributed by atoms with Crippen LogP contribution in [0.3, 0.4) is 0 Å². The number of thioether (sulfide) groups is 1. The Morgan fingerprint density at radius 3 is 2.96 bits per heavy atom. The van der Waals surface area contributed by atoms with Gasteiger partial charge in [0.05, 0.1) is 10.6 Å². The van der Waals surface area contributed by atoms with Crippen LogP contribution >= 0.6 is 23.1 Å². The largest absolute Gasteiger partial charge is 0.452 e. The monoisotopic (exact) mass is 380 g/mol. The van der Waals surface area contributed by atoms with E-state index in [1.165, 1.54) is 18.7 Å². The highest BCUT2D eigenvalue weighted by molar-refractivity contribution is 7.99. The van der Waals surface area contributed by atoms with Gasteiger partial charge in [0, 0.05) is 13.1 Å². The number of amides is 1. The van der Waals surface area contributed by atoms with Crippen LogP contribution in [-0.4, -0.2) is 45.0 Å². The first-order valence-electron chi connectivity index (χ1n) is 7.74. The first-order valence-corrected chi connectivity index (χ1v) is 9.61. The summed E-state index contributed by atoms with van der Waals surface area (Å²) < 4.78 is 7.07. The Morgan fingerprint density at radius 2 is 2.32 bits per heavy atom. The van der Waals surface area contributed by atoms with Crippen molar-refractivity contribution in [2.45, 2.75) is 31.7 Å². The van der Waals surface area contributed by atoms with Gasteiger partial charge in [-0.05, 0) is 25.3 Å². The standard InChI is InChI=1S/C16H20N4O3S2/c1-4-8-17-15(22)11(3)23-13(21)10-25-16-19-18-14(20(16)5-2)12-7-6-9-24-12/h4,6-7,9,11H,1,5,8,10H2,2-3H3,(H,17,22). The van der Waals surface area contributed by atoms with Crippen LogP contribution in [0, 0.1) is 0 Å². The molecule has 0 fully saturated rings. The van der Waals surface area contributed by atoms with Crippen LogP contribution in [0.15, 0.2) is 35.3 Å². The molecule has 0 saturated heterocycles. The number of hydrogen-bond donors (Lipinski definition) is 1. The van der Waals surface area contributed by atoms with E-state index in [1.807, 2.05) is 29.0 Å². The number of esters is 1. The van der Waals surface area contributed by atoms with Crippen molar-refractivity contribution in [1.82, 2.24) is 20.1 Å². The molecule has 1 atom stereocenters. The Hall–Kier alpha value is -2.13. The van der Waals surface area contributed by atoms with Crippen LogP contribution in [0.4, 0.5) is 0 Å². The predicted molar refractivity (Wildman–Crippen MR) is 98.5 cm³/mol. The van der Waals surface area contributed by atoms with Gasteiger partial charge in [-0.3, -0.25) is 9.59 Å². The molecule has 25 heavy (non-hydrogen) atoms. The third-order valence-corrected chi connectivity index (χ3v) is 5.00. The van der Waals surface area contributed by atoms with Crippen molar-refractivity contribution in [3.05, 3.63) is 30.2 Å². The van der Waals surface area contributed by atoms with E-state index in [1.54, 1.807) is 17.4 Å². The Labute approximate surface area is 154 Å². The second-order valence-electron chi connectivity index (χ2n) is 4.98. The lowest BCUT2D eigenvalue weighted by molar-refractivity contribution is -0.152. The molecule has 2 heterocycles. The van der Waals surface area contributed by atoms with Crippen molar-refractivity contribution in [2.24, 2.45) is 0 Å². The lowest BCUT2D eigenvalue weighted by atomic mass is 10.3. The molecule has 7 nitrogen and oxygen atoms in total. The summed E-state index contributed by atoms with van der Waals surface area (Å²) >= 11 is 2.83. The number of aromatic nitrogens is 3. The molecule has 0 spiro atoms. The van der Waals surface area contributed by atoms with Crippen LogP contribution in [0.5, 0.6) is 0 Å². The Kier molecular flexibility index (Phi) is 7.20. The van der Waals surface area contributed by atoms with Gasteiger partial charge in [0.15, 0.2) is 17.1 Å². The van der Waals surface area contributed by atoms with E-state index in [9.17, 15) is 9.59 Å². The molecule has 0 bridgehead atoms. The molecule has 0 aliphatic carbocycles. The second kappa shape index (κ2) is 9.38. The summed E-state index contributed by atoms with van der Waals surface area (Å²) in [4.78, 5) is 24.6. The highest BCUT2D eigenvalue weighted by Crippen LogP contribution is 2.27. The predicted octanol–water partition coefficient (Wildman–Crippen LogP) is 2.35. The minimum absolute atomic E-state index is 0.0572.